The molecular weight excluding hydrogens is 188 g/mol. The van der Waals surface area contributed by atoms with Crippen molar-refractivity contribution < 1.29 is 0 Å². The normalized spacial score (nSPS) is 10.3. The third-order valence-corrected chi connectivity index (χ3v) is 2.17. The molecule has 1 heterocycles. The zero-order chi connectivity index (χ0) is 11.4. The Kier molecular flexibility index (Phi) is 3.62. The first kappa shape index (κ1) is 11.4. The highest BCUT2D eigenvalue weighted by atomic mass is 15.0. The van der Waals surface area contributed by atoms with E-state index in [9.17, 15) is 0 Å². The van der Waals surface area contributed by atoms with Gasteiger partial charge in [-0.25, -0.2) is 9.97 Å². The Balaban J connectivity index is 3.33. The van der Waals surface area contributed by atoms with Gasteiger partial charge in [-0.1, -0.05) is 27.2 Å². The Morgan fingerprint density at radius 3 is 2.53 bits per heavy atom. The number of anilines is 1. The molecular formula is C11H16N4. The van der Waals surface area contributed by atoms with E-state index in [4.69, 9.17) is 11.0 Å². The molecule has 1 rings (SSSR count). The largest absolute Gasteiger partial charge is 0.368 e. The average Bonchev–Trinajstić information content (AvgIpc) is 2.17. The van der Waals surface area contributed by atoms with Gasteiger partial charge in [0.25, 0.3) is 0 Å². The monoisotopic (exact) mass is 204 g/mol. The van der Waals surface area contributed by atoms with Crippen molar-refractivity contribution in [2.75, 3.05) is 5.73 Å². The maximum Gasteiger partial charge on any atom is 0.220 e. The number of nitrogen functional groups attached to an aromatic ring is 1. The van der Waals surface area contributed by atoms with Crippen LogP contribution in [0.1, 0.15) is 50.1 Å². The first-order chi connectivity index (χ1) is 7.10. The topological polar surface area (TPSA) is 75.6 Å². The molecule has 0 fully saturated rings. The molecule has 0 saturated carbocycles. The quantitative estimate of drug-likeness (QED) is 0.817. The standard InChI is InChI=1S/C11H16N4/c1-4-5-9-8(6-12)10(7(2)3)15-11(13)14-9/h7H,4-5H2,1-3H3,(H2,13,14,15). The van der Waals surface area contributed by atoms with Crippen LogP contribution in [0.15, 0.2) is 0 Å². The Hall–Kier alpha value is -1.63. The van der Waals surface area contributed by atoms with E-state index in [0.717, 1.165) is 24.2 Å². The van der Waals surface area contributed by atoms with Crippen LogP contribution in [0.5, 0.6) is 0 Å². The maximum atomic E-state index is 9.09. The van der Waals surface area contributed by atoms with Crippen molar-refractivity contribution in [3.8, 4) is 6.07 Å². The number of hydrogen-bond donors (Lipinski definition) is 1. The lowest BCUT2D eigenvalue weighted by Gasteiger charge is -2.10. The molecule has 0 amide bonds. The van der Waals surface area contributed by atoms with Gasteiger partial charge in [-0.3, -0.25) is 0 Å². The van der Waals surface area contributed by atoms with Gasteiger partial charge in [-0.2, -0.15) is 5.26 Å². The lowest BCUT2D eigenvalue weighted by Crippen LogP contribution is -2.08. The molecule has 0 saturated heterocycles. The third kappa shape index (κ3) is 2.44. The maximum absolute atomic E-state index is 9.09. The molecule has 0 aliphatic carbocycles. The summed E-state index contributed by atoms with van der Waals surface area (Å²) in [5.74, 6) is 0.460. The second kappa shape index (κ2) is 4.74. The van der Waals surface area contributed by atoms with Crippen molar-refractivity contribution >= 4 is 5.95 Å². The first-order valence-electron chi connectivity index (χ1n) is 5.16. The fourth-order valence-electron chi connectivity index (χ4n) is 1.50. The Morgan fingerprint density at radius 1 is 1.40 bits per heavy atom. The van der Waals surface area contributed by atoms with Gasteiger partial charge in [0.2, 0.25) is 5.95 Å². The van der Waals surface area contributed by atoms with Gasteiger partial charge in [-0.15, -0.1) is 0 Å². The Labute approximate surface area is 90.2 Å². The van der Waals surface area contributed by atoms with Crippen LogP contribution in [0.25, 0.3) is 0 Å². The van der Waals surface area contributed by atoms with Crippen LogP contribution in [-0.4, -0.2) is 9.97 Å². The van der Waals surface area contributed by atoms with Crippen molar-refractivity contribution in [2.45, 2.75) is 39.5 Å². The minimum Gasteiger partial charge on any atom is -0.368 e. The van der Waals surface area contributed by atoms with Crippen molar-refractivity contribution in [2.24, 2.45) is 0 Å². The Bertz CT molecular complexity index is 390. The molecule has 2 N–H and O–H groups in total. The predicted molar refractivity (Wildman–Crippen MR) is 59.2 cm³/mol. The second-order valence-corrected chi connectivity index (χ2v) is 3.81. The molecule has 80 valence electrons. The van der Waals surface area contributed by atoms with E-state index >= 15 is 0 Å². The molecule has 1 aromatic rings. The summed E-state index contributed by atoms with van der Waals surface area (Å²) in [5.41, 5.74) is 7.75. The van der Waals surface area contributed by atoms with Crippen molar-refractivity contribution in [3.05, 3.63) is 17.0 Å². The minimum absolute atomic E-state index is 0.195. The number of nitriles is 1. The molecule has 4 heteroatoms. The van der Waals surface area contributed by atoms with Crippen molar-refractivity contribution in [1.82, 2.24) is 9.97 Å². The van der Waals surface area contributed by atoms with Gasteiger partial charge < -0.3 is 5.73 Å². The van der Waals surface area contributed by atoms with E-state index in [1.807, 2.05) is 13.8 Å². The van der Waals surface area contributed by atoms with Gasteiger partial charge in [-0.05, 0) is 12.3 Å². The number of rotatable bonds is 3. The fourth-order valence-corrected chi connectivity index (χ4v) is 1.50. The van der Waals surface area contributed by atoms with E-state index in [1.54, 1.807) is 0 Å². The molecule has 0 radical (unpaired) electrons. The smallest absolute Gasteiger partial charge is 0.220 e. The van der Waals surface area contributed by atoms with Gasteiger partial charge in [0, 0.05) is 0 Å². The molecule has 4 nitrogen and oxygen atoms in total. The van der Waals surface area contributed by atoms with E-state index in [1.165, 1.54) is 0 Å². The van der Waals surface area contributed by atoms with Crippen molar-refractivity contribution in [1.29, 1.82) is 5.26 Å². The highest BCUT2D eigenvalue weighted by Crippen LogP contribution is 2.20. The third-order valence-electron chi connectivity index (χ3n) is 2.17. The van der Waals surface area contributed by atoms with E-state index < -0.39 is 0 Å². The van der Waals surface area contributed by atoms with Gasteiger partial charge in [0.1, 0.15) is 6.07 Å². The number of aromatic nitrogens is 2. The van der Waals surface area contributed by atoms with E-state index in [-0.39, 0.29) is 11.9 Å². The molecule has 0 aliphatic rings. The van der Waals surface area contributed by atoms with Crippen LogP contribution >= 0.6 is 0 Å². The number of hydrogen-bond acceptors (Lipinski definition) is 4. The summed E-state index contributed by atoms with van der Waals surface area (Å²) in [6, 6.07) is 2.18. The van der Waals surface area contributed by atoms with Crippen LogP contribution in [0.3, 0.4) is 0 Å². The summed E-state index contributed by atoms with van der Waals surface area (Å²) < 4.78 is 0. The molecule has 0 aromatic carbocycles. The molecule has 1 aromatic heterocycles. The zero-order valence-corrected chi connectivity index (χ0v) is 9.41. The summed E-state index contributed by atoms with van der Waals surface area (Å²) in [4.78, 5) is 8.25. The number of nitrogens with zero attached hydrogens (tertiary/aromatic N) is 3. The fraction of sp³-hybridized carbons (Fsp3) is 0.545. The summed E-state index contributed by atoms with van der Waals surface area (Å²) in [6.45, 7) is 6.05. The van der Waals surface area contributed by atoms with Crippen molar-refractivity contribution in [3.63, 3.8) is 0 Å². The molecule has 0 spiro atoms. The highest BCUT2D eigenvalue weighted by Gasteiger charge is 2.14. The molecule has 0 aliphatic heterocycles. The lowest BCUT2D eigenvalue weighted by molar-refractivity contribution is 0.788. The van der Waals surface area contributed by atoms with Gasteiger partial charge >= 0.3 is 0 Å². The SMILES string of the molecule is CCCc1nc(N)nc(C(C)C)c1C#N. The summed E-state index contributed by atoms with van der Waals surface area (Å²) in [5, 5.41) is 9.09. The molecule has 15 heavy (non-hydrogen) atoms. The lowest BCUT2D eigenvalue weighted by atomic mass is 10.0. The predicted octanol–water partition coefficient (Wildman–Crippen LogP) is 2.01. The number of nitrogens with two attached hydrogens (primary N) is 1. The zero-order valence-electron chi connectivity index (χ0n) is 9.41. The summed E-state index contributed by atoms with van der Waals surface area (Å²) in [6.07, 6.45) is 1.72. The average molecular weight is 204 g/mol. The number of aryl methyl sites for hydroxylation is 1. The Morgan fingerprint density at radius 2 is 2.07 bits per heavy atom. The molecule has 0 unspecified atom stereocenters. The van der Waals surface area contributed by atoms with Crippen LogP contribution in [0.2, 0.25) is 0 Å². The summed E-state index contributed by atoms with van der Waals surface area (Å²) in [7, 11) is 0. The van der Waals surface area contributed by atoms with E-state index in [0.29, 0.717) is 5.56 Å². The molecule has 0 bridgehead atoms. The van der Waals surface area contributed by atoms with E-state index in [2.05, 4.69) is 23.0 Å². The highest BCUT2D eigenvalue weighted by molar-refractivity contribution is 5.42. The van der Waals surface area contributed by atoms with Gasteiger partial charge in [0.05, 0.1) is 17.0 Å². The first-order valence-corrected chi connectivity index (χ1v) is 5.16. The van der Waals surface area contributed by atoms with Crippen LogP contribution < -0.4 is 5.73 Å². The molecule has 0 atom stereocenters. The van der Waals surface area contributed by atoms with Gasteiger partial charge in [0.15, 0.2) is 0 Å². The summed E-state index contributed by atoms with van der Waals surface area (Å²) >= 11 is 0. The second-order valence-electron chi connectivity index (χ2n) is 3.81. The minimum atomic E-state index is 0.195. The van der Waals surface area contributed by atoms with Crippen LogP contribution in [-0.2, 0) is 6.42 Å². The van der Waals surface area contributed by atoms with Crippen LogP contribution in [0, 0.1) is 11.3 Å². The van der Waals surface area contributed by atoms with Crippen LogP contribution in [0.4, 0.5) is 5.95 Å².